The summed E-state index contributed by atoms with van der Waals surface area (Å²) in [6.07, 6.45) is 3.93. The summed E-state index contributed by atoms with van der Waals surface area (Å²) >= 11 is 0. The molecule has 5 heterocycles. The number of carbonyl (C=O) groups excluding carboxylic acids is 1. The number of hydrogen-bond acceptors (Lipinski definition) is 5. The van der Waals surface area contributed by atoms with Crippen molar-refractivity contribution >= 4 is 17.2 Å². The minimum Gasteiger partial charge on any atom is -0.369 e. The van der Waals surface area contributed by atoms with Gasteiger partial charge in [0.1, 0.15) is 5.60 Å². The van der Waals surface area contributed by atoms with Crippen LogP contribution in [0.25, 0.3) is 5.65 Å². The topological polar surface area (TPSA) is 85.8 Å². The molecule has 3 unspecified atom stereocenters. The van der Waals surface area contributed by atoms with Crippen molar-refractivity contribution in [3.63, 3.8) is 0 Å². The Morgan fingerprint density at radius 1 is 1.29 bits per heavy atom. The third kappa shape index (κ3) is 2.59. The highest BCUT2D eigenvalue weighted by molar-refractivity contribution is 5.80. The van der Waals surface area contributed by atoms with Gasteiger partial charge in [0, 0.05) is 24.4 Å². The van der Waals surface area contributed by atoms with Crippen LogP contribution in [-0.2, 0) is 20.5 Å². The summed E-state index contributed by atoms with van der Waals surface area (Å²) in [7, 11) is 0. The zero-order valence-corrected chi connectivity index (χ0v) is 17.9. The number of aryl methyl sites for hydroxylation is 1. The predicted octanol–water partition coefficient (Wildman–Crippen LogP) is 2.55. The molecule has 2 aromatic heterocycles. The first kappa shape index (κ1) is 18.8. The van der Waals surface area contributed by atoms with Gasteiger partial charge in [-0.05, 0) is 37.0 Å². The van der Waals surface area contributed by atoms with Crippen molar-refractivity contribution < 1.29 is 9.53 Å². The van der Waals surface area contributed by atoms with Crippen LogP contribution in [0.15, 0.2) is 42.6 Å². The normalized spacial score (nSPS) is 31.9. The van der Waals surface area contributed by atoms with Crippen molar-refractivity contribution in [1.82, 2.24) is 14.6 Å². The summed E-state index contributed by atoms with van der Waals surface area (Å²) in [5, 5.41) is 4.77. The van der Waals surface area contributed by atoms with Crippen molar-refractivity contribution in [1.29, 1.82) is 0 Å². The van der Waals surface area contributed by atoms with Gasteiger partial charge in [-0.1, -0.05) is 37.3 Å². The number of primary amides is 1. The van der Waals surface area contributed by atoms with Gasteiger partial charge in [0.25, 0.3) is 0 Å². The Hall–Kier alpha value is -2.93. The highest BCUT2D eigenvalue weighted by Gasteiger charge is 2.66. The average molecular weight is 418 g/mol. The fraction of sp³-hybridized carbons (Fsp3) is 0.458. The third-order valence-electron chi connectivity index (χ3n) is 7.69. The number of hydrogen-bond donors (Lipinski definition) is 1. The number of ether oxygens (including phenoxy) is 1. The molecule has 3 saturated heterocycles. The molecule has 7 heteroatoms. The third-order valence-corrected chi connectivity index (χ3v) is 7.69. The van der Waals surface area contributed by atoms with Gasteiger partial charge < -0.3 is 15.4 Å². The predicted molar refractivity (Wildman–Crippen MR) is 117 cm³/mol. The molecule has 4 aliphatic rings. The first-order valence-corrected chi connectivity index (χ1v) is 11.0. The molecule has 160 valence electrons. The smallest absolute Gasteiger partial charge is 0.224 e. The number of benzene rings is 1. The lowest BCUT2D eigenvalue weighted by Gasteiger charge is -2.40. The van der Waals surface area contributed by atoms with E-state index in [1.54, 1.807) is 0 Å². The van der Waals surface area contributed by atoms with E-state index in [1.807, 2.05) is 4.52 Å². The van der Waals surface area contributed by atoms with E-state index in [0.717, 1.165) is 42.8 Å². The summed E-state index contributed by atoms with van der Waals surface area (Å²) in [6, 6.07) is 12.9. The molecule has 2 bridgehead atoms. The maximum absolute atomic E-state index is 12.0. The van der Waals surface area contributed by atoms with Crippen LogP contribution in [0.2, 0.25) is 0 Å². The highest BCUT2D eigenvalue weighted by atomic mass is 16.5. The van der Waals surface area contributed by atoms with E-state index in [-0.39, 0.29) is 23.2 Å². The molecule has 1 aromatic carbocycles. The van der Waals surface area contributed by atoms with Gasteiger partial charge in [0.05, 0.1) is 24.4 Å². The summed E-state index contributed by atoms with van der Waals surface area (Å²) in [5.41, 5.74) is 9.44. The number of pyridine rings is 1. The Bertz CT molecular complexity index is 1190. The number of nitrogens with zero attached hydrogens (tertiary/aromatic N) is 4. The maximum atomic E-state index is 12.0. The van der Waals surface area contributed by atoms with Gasteiger partial charge in [-0.25, -0.2) is 9.50 Å². The molecule has 7 rings (SSSR count). The maximum Gasteiger partial charge on any atom is 0.224 e. The van der Waals surface area contributed by atoms with Crippen LogP contribution in [0, 0.1) is 18.8 Å². The molecule has 1 aliphatic carbocycles. The fourth-order valence-corrected chi connectivity index (χ4v) is 5.91. The molecule has 2 N–H and O–H groups in total. The fourth-order valence-electron chi connectivity index (χ4n) is 5.91. The van der Waals surface area contributed by atoms with Gasteiger partial charge in [-0.15, -0.1) is 5.10 Å². The van der Waals surface area contributed by atoms with Crippen LogP contribution in [0.5, 0.6) is 0 Å². The van der Waals surface area contributed by atoms with E-state index in [1.165, 1.54) is 5.56 Å². The second-order valence-electron chi connectivity index (χ2n) is 9.73. The van der Waals surface area contributed by atoms with Crippen LogP contribution in [-0.4, -0.2) is 40.2 Å². The lowest BCUT2D eigenvalue weighted by molar-refractivity contribution is -0.139. The van der Waals surface area contributed by atoms with Crippen molar-refractivity contribution in [2.24, 2.45) is 17.6 Å². The number of carbonyl (C=O) groups is 1. The van der Waals surface area contributed by atoms with Gasteiger partial charge >= 0.3 is 0 Å². The van der Waals surface area contributed by atoms with E-state index >= 15 is 0 Å². The summed E-state index contributed by atoms with van der Waals surface area (Å²) in [4.78, 5) is 19.2. The molecule has 4 fully saturated rings. The largest absolute Gasteiger partial charge is 0.369 e. The van der Waals surface area contributed by atoms with Gasteiger partial charge in [-0.2, -0.15) is 0 Å². The Labute approximate surface area is 181 Å². The molecule has 7 nitrogen and oxygen atoms in total. The zero-order valence-electron chi connectivity index (χ0n) is 17.9. The first-order chi connectivity index (χ1) is 14.9. The summed E-state index contributed by atoms with van der Waals surface area (Å²) in [5.74, 6) is 0.138. The number of nitrogens with two attached hydrogens (primary N) is 1. The van der Waals surface area contributed by atoms with E-state index in [2.05, 4.69) is 61.3 Å². The molecule has 0 radical (unpaired) electrons. The average Bonchev–Trinajstić information content (AvgIpc) is 3.50. The number of amides is 1. The van der Waals surface area contributed by atoms with Crippen LogP contribution in [0.1, 0.15) is 36.7 Å². The van der Waals surface area contributed by atoms with Gasteiger partial charge in [0.2, 0.25) is 5.91 Å². The lowest BCUT2D eigenvalue weighted by Crippen LogP contribution is -2.52. The molecular weight excluding hydrogens is 390 g/mol. The highest BCUT2D eigenvalue weighted by Crippen LogP contribution is 2.58. The Kier molecular flexibility index (Phi) is 3.82. The van der Waals surface area contributed by atoms with Gasteiger partial charge in [0.15, 0.2) is 11.5 Å². The van der Waals surface area contributed by atoms with Crippen molar-refractivity contribution in [3.05, 3.63) is 59.5 Å². The lowest BCUT2D eigenvalue weighted by atomic mass is 9.63. The summed E-state index contributed by atoms with van der Waals surface area (Å²) in [6.45, 7) is 6.92. The van der Waals surface area contributed by atoms with Gasteiger partial charge in [-0.3, -0.25) is 4.79 Å². The minimum absolute atomic E-state index is 0.129. The van der Waals surface area contributed by atoms with E-state index in [9.17, 15) is 4.79 Å². The van der Waals surface area contributed by atoms with E-state index in [0.29, 0.717) is 12.4 Å². The Morgan fingerprint density at radius 2 is 2.10 bits per heavy atom. The molecule has 1 saturated carbocycles. The second-order valence-corrected chi connectivity index (χ2v) is 9.73. The molecule has 1 amide bonds. The quantitative estimate of drug-likeness (QED) is 0.705. The van der Waals surface area contributed by atoms with E-state index in [4.69, 9.17) is 20.6 Å². The monoisotopic (exact) mass is 417 g/mol. The van der Waals surface area contributed by atoms with Crippen LogP contribution >= 0.6 is 0 Å². The number of rotatable bonds is 4. The van der Waals surface area contributed by atoms with Crippen LogP contribution in [0.3, 0.4) is 0 Å². The summed E-state index contributed by atoms with van der Waals surface area (Å²) < 4.78 is 7.85. The Morgan fingerprint density at radius 3 is 2.84 bits per heavy atom. The van der Waals surface area contributed by atoms with Crippen LogP contribution in [0.4, 0.5) is 5.69 Å². The second kappa shape index (κ2) is 6.29. The van der Waals surface area contributed by atoms with E-state index < -0.39 is 5.60 Å². The van der Waals surface area contributed by atoms with Crippen molar-refractivity contribution in [2.45, 2.75) is 37.7 Å². The molecular formula is C24H27N5O2. The molecule has 3 aromatic rings. The SMILES string of the molecule is Cc1cc(N2CC[C@](C)(c3ccccc3)C2)cn2nc(C34CC(CO3)C4C(N)=O)nc12. The molecule has 0 spiro atoms. The molecule has 3 aliphatic heterocycles. The standard InChI is InChI=1S/C24H27N5O2/c1-15-10-18(28-9-8-23(2,14-28)17-6-4-3-5-7-17)12-29-21(15)26-22(27-29)24-11-16(13-31-24)19(24)20(25)30/h3-7,10,12,16,19H,8-9,11,13-14H2,1-2H3,(H2,25,30)/t16?,19?,23-,24?/m0/s1. The molecule has 31 heavy (non-hydrogen) atoms. The van der Waals surface area contributed by atoms with Crippen molar-refractivity contribution in [3.8, 4) is 0 Å². The van der Waals surface area contributed by atoms with Crippen molar-refractivity contribution in [2.75, 3.05) is 24.6 Å². The Balaban J connectivity index is 1.33. The number of anilines is 1. The number of aromatic nitrogens is 3. The number of fused-ring (bicyclic) bond motifs is 2. The first-order valence-electron chi connectivity index (χ1n) is 11.0. The molecule has 4 atom stereocenters. The minimum atomic E-state index is -0.741. The van der Waals surface area contributed by atoms with Crippen LogP contribution < -0.4 is 10.6 Å². The zero-order chi connectivity index (χ0) is 21.4.